The quantitative estimate of drug-likeness (QED) is 0.860. The average Bonchev–Trinajstić information content (AvgIpc) is 2.90. The molecule has 0 radical (unpaired) electrons. The summed E-state index contributed by atoms with van der Waals surface area (Å²) >= 11 is 6.21. The SMILES string of the molecule is CCC(NC(C)c1ccccc1Cl)c1ncc[nH]1. The van der Waals surface area contributed by atoms with Crippen LogP contribution in [0.1, 0.15) is 43.7 Å². The Labute approximate surface area is 113 Å². The van der Waals surface area contributed by atoms with Gasteiger partial charge in [0, 0.05) is 23.5 Å². The highest BCUT2D eigenvalue weighted by molar-refractivity contribution is 6.31. The molecule has 2 aromatic rings. The lowest BCUT2D eigenvalue weighted by molar-refractivity contribution is 0.441. The maximum absolute atomic E-state index is 6.21. The van der Waals surface area contributed by atoms with E-state index in [0.29, 0.717) is 0 Å². The lowest BCUT2D eigenvalue weighted by Crippen LogP contribution is -2.25. The van der Waals surface area contributed by atoms with Gasteiger partial charge in [0.25, 0.3) is 0 Å². The molecule has 0 saturated carbocycles. The lowest BCUT2D eigenvalue weighted by Gasteiger charge is -2.21. The molecular formula is C14H18ClN3. The molecule has 0 aliphatic heterocycles. The van der Waals surface area contributed by atoms with Crippen LogP contribution in [-0.2, 0) is 0 Å². The number of halogens is 1. The van der Waals surface area contributed by atoms with E-state index >= 15 is 0 Å². The standard InChI is InChI=1S/C14H18ClN3/c1-3-13(14-16-8-9-17-14)18-10(2)11-6-4-5-7-12(11)15/h4-10,13,18H,3H2,1-2H3,(H,16,17). The first kappa shape index (κ1) is 13.1. The molecule has 0 saturated heterocycles. The molecule has 3 nitrogen and oxygen atoms in total. The molecule has 2 rings (SSSR count). The van der Waals surface area contributed by atoms with E-state index in [1.807, 2.05) is 24.4 Å². The molecule has 1 aromatic carbocycles. The van der Waals surface area contributed by atoms with Crippen LogP contribution >= 0.6 is 11.6 Å². The highest BCUT2D eigenvalue weighted by Crippen LogP contribution is 2.25. The fourth-order valence-corrected chi connectivity index (χ4v) is 2.38. The van der Waals surface area contributed by atoms with Crippen molar-refractivity contribution in [3.8, 4) is 0 Å². The van der Waals surface area contributed by atoms with Crippen LogP contribution in [0, 0.1) is 0 Å². The first-order valence-electron chi connectivity index (χ1n) is 6.22. The molecule has 0 spiro atoms. The summed E-state index contributed by atoms with van der Waals surface area (Å²) in [7, 11) is 0. The minimum Gasteiger partial charge on any atom is -0.347 e. The third-order valence-electron chi connectivity index (χ3n) is 3.08. The number of aromatic amines is 1. The average molecular weight is 264 g/mol. The van der Waals surface area contributed by atoms with E-state index in [4.69, 9.17) is 11.6 Å². The number of hydrogen-bond donors (Lipinski definition) is 2. The maximum atomic E-state index is 6.21. The normalized spacial score (nSPS) is 14.4. The van der Waals surface area contributed by atoms with Crippen molar-refractivity contribution in [2.24, 2.45) is 0 Å². The number of aromatic nitrogens is 2. The summed E-state index contributed by atoms with van der Waals surface area (Å²) in [6, 6.07) is 8.33. The Morgan fingerprint density at radius 1 is 1.39 bits per heavy atom. The van der Waals surface area contributed by atoms with Crippen LogP contribution in [0.15, 0.2) is 36.7 Å². The van der Waals surface area contributed by atoms with Crippen molar-refractivity contribution in [1.82, 2.24) is 15.3 Å². The predicted molar refractivity (Wildman–Crippen MR) is 74.6 cm³/mol. The molecule has 18 heavy (non-hydrogen) atoms. The molecule has 2 atom stereocenters. The summed E-state index contributed by atoms with van der Waals surface area (Å²) in [5, 5.41) is 4.35. The van der Waals surface area contributed by atoms with Crippen molar-refractivity contribution >= 4 is 11.6 Å². The summed E-state index contributed by atoms with van der Waals surface area (Å²) in [6.45, 7) is 4.26. The van der Waals surface area contributed by atoms with Gasteiger partial charge < -0.3 is 10.3 Å². The van der Waals surface area contributed by atoms with Crippen molar-refractivity contribution in [1.29, 1.82) is 0 Å². The summed E-state index contributed by atoms with van der Waals surface area (Å²) < 4.78 is 0. The van der Waals surface area contributed by atoms with Crippen molar-refractivity contribution in [3.63, 3.8) is 0 Å². The Morgan fingerprint density at radius 3 is 2.78 bits per heavy atom. The molecule has 1 aromatic heterocycles. The molecule has 0 aliphatic carbocycles. The summed E-state index contributed by atoms with van der Waals surface area (Å²) in [5.74, 6) is 0.969. The van der Waals surface area contributed by atoms with E-state index in [1.165, 1.54) is 0 Å². The maximum Gasteiger partial charge on any atom is 0.123 e. The third-order valence-corrected chi connectivity index (χ3v) is 3.42. The van der Waals surface area contributed by atoms with Gasteiger partial charge in [0.1, 0.15) is 5.82 Å². The zero-order valence-corrected chi connectivity index (χ0v) is 11.4. The zero-order chi connectivity index (χ0) is 13.0. The number of imidazole rings is 1. The summed E-state index contributed by atoms with van der Waals surface area (Å²) in [6.07, 6.45) is 4.60. The number of nitrogens with zero attached hydrogens (tertiary/aromatic N) is 1. The Hall–Kier alpha value is -1.32. The Bertz CT molecular complexity index is 482. The van der Waals surface area contributed by atoms with Gasteiger partial charge in [0.05, 0.1) is 6.04 Å². The Balaban J connectivity index is 2.11. The topological polar surface area (TPSA) is 40.7 Å². The van der Waals surface area contributed by atoms with Gasteiger partial charge in [-0.15, -0.1) is 0 Å². The highest BCUT2D eigenvalue weighted by Gasteiger charge is 2.16. The van der Waals surface area contributed by atoms with Gasteiger partial charge in [0.15, 0.2) is 0 Å². The highest BCUT2D eigenvalue weighted by atomic mass is 35.5. The number of nitrogens with one attached hydrogen (secondary N) is 2. The predicted octanol–water partition coefficient (Wildman–Crippen LogP) is 3.87. The summed E-state index contributed by atoms with van der Waals surface area (Å²) in [4.78, 5) is 7.46. The van der Waals surface area contributed by atoms with Crippen LogP contribution in [-0.4, -0.2) is 9.97 Å². The van der Waals surface area contributed by atoms with E-state index < -0.39 is 0 Å². The number of H-pyrrole nitrogens is 1. The van der Waals surface area contributed by atoms with Gasteiger partial charge in [-0.2, -0.15) is 0 Å². The van der Waals surface area contributed by atoms with E-state index in [-0.39, 0.29) is 12.1 Å². The van der Waals surface area contributed by atoms with E-state index in [1.54, 1.807) is 6.20 Å². The first-order chi connectivity index (χ1) is 8.72. The molecule has 4 heteroatoms. The molecule has 0 amide bonds. The Morgan fingerprint density at radius 2 is 2.17 bits per heavy atom. The summed E-state index contributed by atoms with van der Waals surface area (Å²) in [5.41, 5.74) is 1.11. The second-order valence-corrected chi connectivity index (χ2v) is 4.75. The van der Waals surface area contributed by atoms with E-state index in [9.17, 15) is 0 Å². The smallest absolute Gasteiger partial charge is 0.123 e. The molecule has 96 valence electrons. The monoisotopic (exact) mass is 263 g/mol. The minimum atomic E-state index is 0.189. The fourth-order valence-electron chi connectivity index (χ4n) is 2.08. The van der Waals surface area contributed by atoms with Crippen LogP contribution < -0.4 is 5.32 Å². The number of benzene rings is 1. The second-order valence-electron chi connectivity index (χ2n) is 4.35. The van der Waals surface area contributed by atoms with Crippen LogP contribution in [0.2, 0.25) is 5.02 Å². The van der Waals surface area contributed by atoms with Crippen LogP contribution in [0.25, 0.3) is 0 Å². The second kappa shape index (κ2) is 6.03. The molecule has 1 heterocycles. The molecule has 0 bridgehead atoms. The van der Waals surface area contributed by atoms with Crippen molar-refractivity contribution in [2.75, 3.05) is 0 Å². The van der Waals surface area contributed by atoms with Gasteiger partial charge in [-0.3, -0.25) is 0 Å². The number of rotatable bonds is 5. The zero-order valence-electron chi connectivity index (χ0n) is 10.7. The van der Waals surface area contributed by atoms with Gasteiger partial charge in [0.2, 0.25) is 0 Å². The number of hydrogen-bond acceptors (Lipinski definition) is 2. The van der Waals surface area contributed by atoms with E-state index in [2.05, 4.69) is 35.2 Å². The van der Waals surface area contributed by atoms with Crippen LogP contribution in [0.5, 0.6) is 0 Å². The van der Waals surface area contributed by atoms with E-state index in [0.717, 1.165) is 22.8 Å². The van der Waals surface area contributed by atoms with Crippen LogP contribution in [0.3, 0.4) is 0 Å². The van der Waals surface area contributed by atoms with Gasteiger partial charge in [-0.05, 0) is 25.0 Å². The largest absolute Gasteiger partial charge is 0.347 e. The van der Waals surface area contributed by atoms with Gasteiger partial charge in [-0.1, -0.05) is 36.7 Å². The molecule has 0 fully saturated rings. The molecule has 2 N–H and O–H groups in total. The van der Waals surface area contributed by atoms with Crippen molar-refractivity contribution in [2.45, 2.75) is 32.4 Å². The van der Waals surface area contributed by atoms with Crippen molar-refractivity contribution in [3.05, 3.63) is 53.1 Å². The minimum absolute atomic E-state index is 0.189. The lowest BCUT2D eigenvalue weighted by atomic mass is 10.1. The molecule has 0 aliphatic rings. The van der Waals surface area contributed by atoms with Crippen molar-refractivity contribution < 1.29 is 0 Å². The fraction of sp³-hybridized carbons (Fsp3) is 0.357. The van der Waals surface area contributed by atoms with Gasteiger partial charge >= 0.3 is 0 Å². The Kier molecular flexibility index (Phi) is 4.39. The first-order valence-corrected chi connectivity index (χ1v) is 6.60. The third kappa shape index (κ3) is 2.92. The van der Waals surface area contributed by atoms with Crippen LogP contribution in [0.4, 0.5) is 0 Å². The molecule has 2 unspecified atom stereocenters. The van der Waals surface area contributed by atoms with Gasteiger partial charge in [-0.25, -0.2) is 4.98 Å². The molecular weight excluding hydrogens is 246 g/mol.